The van der Waals surface area contributed by atoms with Gasteiger partial charge in [0.1, 0.15) is 23.0 Å². The van der Waals surface area contributed by atoms with Gasteiger partial charge in [0, 0.05) is 10.8 Å². The molecule has 0 aromatic heterocycles. The fourth-order valence-corrected chi connectivity index (χ4v) is 7.71. The SMILES string of the molecule is Cc1cc(C2(c3cc(C)c(O)c(Cl)c3)CCC(c3cc(C)c(O)c(Cl)c3)(c3cc(C)c(O)c(Cl)c3)CC2)cc(Cl)c1O. The minimum absolute atomic E-state index is 0.0454. The zero-order valence-electron chi connectivity index (χ0n) is 23.7. The summed E-state index contributed by atoms with van der Waals surface area (Å²) in [5, 5.41) is 43.0. The van der Waals surface area contributed by atoms with E-state index in [0.29, 0.717) is 47.9 Å². The molecule has 42 heavy (non-hydrogen) atoms. The number of aromatic hydroxyl groups is 4. The molecule has 1 saturated carbocycles. The van der Waals surface area contributed by atoms with Crippen LogP contribution in [0.4, 0.5) is 0 Å². The molecule has 5 rings (SSSR count). The number of aryl methyl sites for hydroxylation is 4. The molecule has 1 fully saturated rings. The van der Waals surface area contributed by atoms with Crippen molar-refractivity contribution >= 4 is 46.4 Å². The van der Waals surface area contributed by atoms with Crippen molar-refractivity contribution in [3.05, 3.63) is 113 Å². The number of phenols is 4. The first-order chi connectivity index (χ1) is 19.7. The fourth-order valence-electron chi connectivity index (χ4n) is 6.64. The van der Waals surface area contributed by atoms with Crippen LogP contribution in [-0.4, -0.2) is 20.4 Å². The van der Waals surface area contributed by atoms with E-state index in [1.54, 1.807) is 0 Å². The Morgan fingerprint density at radius 2 is 0.595 bits per heavy atom. The van der Waals surface area contributed by atoms with E-state index < -0.39 is 10.8 Å². The molecule has 8 heteroatoms. The first kappa shape index (κ1) is 30.7. The number of benzene rings is 4. The molecule has 4 aromatic rings. The summed E-state index contributed by atoms with van der Waals surface area (Å²) in [7, 11) is 0. The Morgan fingerprint density at radius 1 is 0.405 bits per heavy atom. The second kappa shape index (κ2) is 11.1. The highest BCUT2D eigenvalue weighted by Gasteiger charge is 2.47. The molecule has 0 bridgehead atoms. The Kier molecular flexibility index (Phi) is 8.08. The number of phenolic OH excluding ortho intramolecular Hbond substituents is 4. The fraction of sp³-hybridized carbons (Fsp3) is 0.294. The summed E-state index contributed by atoms with van der Waals surface area (Å²) < 4.78 is 0. The molecule has 1 aliphatic carbocycles. The van der Waals surface area contributed by atoms with E-state index in [4.69, 9.17) is 46.4 Å². The summed E-state index contributed by atoms with van der Waals surface area (Å²) in [6, 6.07) is 15.1. The smallest absolute Gasteiger partial charge is 0.137 e. The van der Waals surface area contributed by atoms with Gasteiger partial charge in [-0.25, -0.2) is 0 Å². The van der Waals surface area contributed by atoms with E-state index in [1.807, 2.05) is 76.2 Å². The van der Waals surface area contributed by atoms with Crippen LogP contribution in [0.5, 0.6) is 23.0 Å². The van der Waals surface area contributed by atoms with E-state index >= 15 is 0 Å². The summed E-state index contributed by atoms with van der Waals surface area (Å²) in [6.45, 7) is 7.29. The molecule has 4 N–H and O–H groups in total. The van der Waals surface area contributed by atoms with Crippen LogP contribution in [0.3, 0.4) is 0 Å². The molecule has 4 aromatic carbocycles. The number of hydrogen-bond acceptors (Lipinski definition) is 4. The van der Waals surface area contributed by atoms with Crippen LogP contribution in [-0.2, 0) is 10.8 Å². The van der Waals surface area contributed by atoms with Gasteiger partial charge >= 0.3 is 0 Å². The molecule has 0 amide bonds. The Bertz CT molecular complexity index is 1380. The van der Waals surface area contributed by atoms with Crippen molar-refractivity contribution in [3.8, 4) is 23.0 Å². The molecule has 0 unspecified atom stereocenters. The van der Waals surface area contributed by atoms with Crippen LogP contribution in [0, 0.1) is 27.7 Å². The van der Waals surface area contributed by atoms with E-state index in [0.717, 1.165) is 22.3 Å². The van der Waals surface area contributed by atoms with Crippen LogP contribution in [0.15, 0.2) is 48.5 Å². The summed E-state index contributed by atoms with van der Waals surface area (Å²) in [5.74, 6) is 0.182. The molecule has 0 spiro atoms. The highest BCUT2D eigenvalue weighted by atomic mass is 35.5. The van der Waals surface area contributed by atoms with Gasteiger partial charge in [0.2, 0.25) is 0 Å². The molecule has 0 atom stereocenters. The largest absolute Gasteiger partial charge is 0.506 e. The quantitative estimate of drug-likeness (QED) is 0.178. The first-order valence-electron chi connectivity index (χ1n) is 13.7. The number of halogens is 4. The van der Waals surface area contributed by atoms with Gasteiger partial charge < -0.3 is 20.4 Å². The second-order valence-corrected chi connectivity index (χ2v) is 13.3. The molecule has 0 heterocycles. The van der Waals surface area contributed by atoms with Crippen molar-refractivity contribution in [3.63, 3.8) is 0 Å². The van der Waals surface area contributed by atoms with E-state index in [-0.39, 0.29) is 43.1 Å². The molecule has 4 nitrogen and oxygen atoms in total. The Morgan fingerprint density at radius 3 is 0.762 bits per heavy atom. The molecule has 220 valence electrons. The summed E-state index contributed by atoms with van der Waals surface area (Å²) in [4.78, 5) is 0. The van der Waals surface area contributed by atoms with Gasteiger partial charge in [-0.1, -0.05) is 70.7 Å². The van der Waals surface area contributed by atoms with Crippen molar-refractivity contribution in [2.24, 2.45) is 0 Å². The molecule has 0 saturated heterocycles. The molecule has 0 aliphatic heterocycles. The minimum Gasteiger partial charge on any atom is -0.506 e. The van der Waals surface area contributed by atoms with Crippen LogP contribution < -0.4 is 0 Å². The Hall–Kier alpha value is -2.76. The maximum Gasteiger partial charge on any atom is 0.137 e. The lowest BCUT2D eigenvalue weighted by atomic mass is 9.55. The predicted octanol–water partition coefficient (Wildman–Crippen LogP) is 10.2. The van der Waals surface area contributed by atoms with Crippen molar-refractivity contribution in [1.82, 2.24) is 0 Å². The van der Waals surface area contributed by atoms with Crippen molar-refractivity contribution < 1.29 is 20.4 Å². The minimum atomic E-state index is -0.556. The predicted molar refractivity (Wildman–Crippen MR) is 171 cm³/mol. The van der Waals surface area contributed by atoms with Gasteiger partial charge in [-0.05, 0) is 122 Å². The lowest BCUT2D eigenvalue weighted by molar-refractivity contribution is 0.256. The van der Waals surface area contributed by atoms with E-state index in [1.165, 1.54) is 0 Å². The average molecular weight is 646 g/mol. The van der Waals surface area contributed by atoms with Crippen molar-refractivity contribution in [1.29, 1.82) is 0 Å². The Labute approximate surface area is 266 Å². The normalized spacial score (nSPS) is 16.0. The van der Waals surface area contributed by atoms with E-state index in [9.17, 15) is 20.4 Å². The Balaban J connectivity index is 1.75. The third-order valence-corrected chi connectivity index (χ3v) is 10.3. The van der Waals surface area contributed by atoms with Gasteiger partial charge in [-0.2, -0.15) is 0 Å². The molecule has 1 aliphatic rings. The highest BCUT2D eigenvalue weighted by molar-refractivity contribution is 6.33. The van der Waals surface area contributed by atoms with Crippen LogP contribution in [0.1, 0.15) is 70.2 Å². The lowest BCUT2D eigenvalue weighted by Gasteiger charge is -2.48. The number of hydrogen-bond donors (Lipinski definition) is 4. The third-order valence-electron chi connectivity index (χ3n) is 9.18. The van der Waals surface area contributed by atoms with Crippen LogP contribution in [0.25, 0.3) is 0 Å². The topological polar surface area (TPSA) is 80.9 Å². The maximum atomic E-state index is 10.5. The molecular formula is C34H32Cl4O4. The lowest BCUT2D eigenvalue weighted by Crippen LogP contribution is -2.41. The van der Waals surface area contributed by atoms with Crippen LogP contribution in [0.2, 0.25) is 20.1 Å². The first-order valence-corrected chi connectivity index (χ1v) is 15.2. The summed E-state index contributed by atoms with van der Waals surface area (Å²) >= 11 is 26.1. The zero-order valence-corrected chi connectivity index (χ0v) is 26.8. The van der Waals surface area contributed by atoms with Gasteiger partial charge in [-0.15, -0.1) is 0 Å². The zero-order chi connectivity index (χ0) is 30.7. The second-order valence-electron chi connectivity index (χ2n) is 11.7. The molecular weight excluding hydrogens is 614 g/mol. The maximum absolute atomic E-state index is 10.5. The summed E-state index contributed by atoms with van der Waals surface area (Å²) in [5.41, 5.74) is 5.31. The van der Waals surface area contributed by atoms with Gasteiger partial charge in [-0.3, -0.25) is 0 Å². The average Bonchev–Trinajstić information content (AvgIpc) is 2.95. The summed E-state index contributed by atoms with van der Waals surface area (Å²) in [6.07, 6.45) is 2.57. The van der Waals surface area contributed by atoms with Gasteiger partial charge in [0.05, 0.1) is 20.1 Å². The van der Waals surface area contributed by atoms with E-state index in [2.05, 4.69) is 0 Å². The highest BCUT2D eigenvalue weighted by Crippen LogP contribution is 2.57. The van der Waals surface area contributed by atoms with Crippen LogP contribution >= 0.6 is 46.4 Å². The molecule has 0 radical (unpaired) electrons. The van der Waals surface area contributed by atoms with Crippen molar-refractivity contribution in [2.75, 3.05) is 0 Å². The van der Waals surface area contributed by atoms with Gasteiger partial charge in [0.25, 0.3) is 0 Å². The van der Waals surface area contributed by atoms with Gasteiger partial charge in [0.15, 0.2) is 0 Å². The number of rotatable bonds is 4. The van der Waals surface area contributed by atoms with Crippen molar-refractivity contribution in [2.45, 2.75) is 64.2 Å². The monoisotopic (exact) mass is 644 g/mol. The third kappa shape index (κ3) is 4.97. The standard InChI is InChI=1S/C34H32Cl4O4/c1-17-9-21(13-25(35)29(17)39)33(22-10-18(2)30(40)26(36)14-22)5-7-34(8-6-33,23-11-19(3)31(41)27(37)15-23)24-12-20(4)32(42)28(38)16-24/h9-16,39-42H,5-8H2,1-4H3.